The predicted molar refractivity (Wildman–Crippen MR) is 92.0 cm³/mol. The van der Waals surface area contributed by atoms with Gasteiger partial charge in [0.1, 0.15) is 23.6 Å². The van der Waals surface area contributed by atoms with Crippen LogP contribution in [0.5, 0.6) is 5.75 Å². The third kappa shape index (κ3) is 4.40. The molecule has 1 aliphatic rings. The van der Waals surface area contributed by atoms with E-state index in [1.807, 2.05) is 0 Å². The highest BCUT2D eigenvalue weighted by Gasteiger charge is 2.49. The molecule has 0 radical (unpaired) electrons. The Morgan fingerprint density at radius 2 is 2.00 bits per heavy atom. The van der Waals surface area contributed by atoms with E-state index in [-0.39, 0.29) is 18.6 Å². The van der Waals surface area contributed by atoms with Crippen molar-refractivity contribution in [2.24, 2.45) is 0 Å². The van der Waals surface area contributed by atoms with Gasteiger partial charge in [-0.3, -0.25) is 4.79 Å². The summed E-state index contributed by atoms with van der Waals surface area (Å²) in [6.07, 6.45) is -2.27. The first-order valence-electron chi connectivity index (χ1n) is 8.15. The first-order valence-corrected chi connectivity index (χ1v) is 8.15. The molecular formula is C18H23NO7. The second kappa shape index (κ2) is 7.86. The number of likely N-dealkylation sites (N-methyl/N-ethyl adjacent to an activating group) is 1. The van der Waals surface area contributed by atoms with Gasteiger partial charge in [0.2, 0.25) is 0 Å². The van der Waals surface area contributed by atoms with E-state index in [4.69, 9.17) is 4.74 Å². The highest BCUT2D eigenvalue weighted by molar-refractivity contribution is 5.88. The zero-order chi connectivity index (χ0) is 19.5. The Balaban J connectivity index is 2.07. The first kappa shape index (κ1) is 19.9. The van der Waals surface area contributed by atoms with Gasteiger partial charge in [-0.25, -0.2) is 4.79 Å². The first-order chi connectivity index (χ1) is 12.2. The minimum atomic E-state index is -1.94. The van der Waals surface area contributed by atoms with Gasteiger partial charge in [0.25, 0.3) is 5.91 Å². The van der Waals surface area contributed by atoms with Gasteiger partial charge >= 0.3 is 5.97 Å². The lowest BCUT2D eigenvalue weighted by molar-refractivity contribution is -0.186. The van der Waals surface area contributed by atoms with Gasteiger partial charge in [0.05, 0.1) is 6.10 Å². The van der Waals surface area contributed by atoms with E-state index >= 15 is 0 Å². The summed E-state index contributed by atoms with van der Waals surface area (Å²) in [5, 5.41) is 42.2. The third-order valence-electron chi connectivity index (χ3n) is 4.42. The number of benzene rings is 1. The highest BCUT2D eigenvalue weighted by atomic mass is 16.6. The van der Waals surface area contributed by atoms with Crippen molar-refractivity contribution in [3.8, 4) is 5.75 Å². The number of carbonyl (C=O) groups is 2. The minimum absolute atomic E-state index is 0.0852. The molecule has 26 heavy (non-hydrogen) atoms. The van der Waals surface area contributed by atoms with Crippen LogP contribution in [0.15, 0.2) is 24.3 Å². The van der Waals surface area contributed by atoms with Crippen LogP contribution in [-0.2, 0) is 14.3 Å². The molecule has 0 spiro atoms. The van der Waals surface area contributed by atoms with E-state index in [2.05, 4.69) is 5.32 Å². The Morgan fingerprint density at radius 3 is 2.62 bits per heavy atom. The number of phenols is 1. The fraction of sp³-hybridized carbons (Fsp3) is 0.444. The van der Waals surface area contributed by atoms with E-state index in [1.54, 1.807) is 19.1 Å². The van der Waals surface area contributed by atoms with Crippen LogP contribution in [0.3, 0.4) is 0 Å². The van der Waals surface area contributed by atoms with Crippen LogP contribution in [0, 0.1) is 6.92 Å². The number of hydrogen-bond acceptors (Lipinski definition) is 7. The zero-order valence-electron chi connectivity index (χ0n) is 14.5. The number of ether oxygens (including phenoxy) is 1. The lowest BCUT2D eigenvalue weighted by Crippen LogP contribution is -2.59. The zero-order valence-corrected chi connectivity index (χ0v) is 14.5. The molecule has 4 atom stereocenters. The van der Waals surface area contributed by atoms with E-state index in [1.165, 1.54) is 19.2 Å². The van der Waals surface area contributed by atoms with Crippen LogP contribution < -0.4 is 5.32 Å². The Kier molecular flexibility index (Phi) is 6.01. The van der Waals surface area contributed by atoms with Gasteiger partial charge in [0.15, 0.2) is 0 Å². The molecule has 0 aliphatic heterocycles. The summed E-state index contributed by atoms with van der Waals surface area (Å²) in [4.78, 5) is 23.8. The number of phenolic OH excluding ortho intramolecular Hbond substituents is 1. The molecular weight excluding hydrogens is 342 g/mol. The van der Waals surface area contributed by atoms with Gasteiger partial charge in [0, 0.05) is 26.0 Å². The molecule has 5 N–H and O–H groups in total. The number of aliphatic hydroxyl groups is 3. The molecule has 0 heterocycles. The fourth-order valence-corrected chi connectivity index (χ4v) is 2.86. The molecule has 0 unspecified atom stereocenters. The molecule has 0 aromatic heterocycles. The number of rotatable bonds is 4. The summed E-state index contributed by atoms with van der Waals surface area (Å²) < 4.78 is 5.10. The Hall–Kier alpha value is -2.42. The molecule has 8 heteroatoms. The topological polar surface area (TPSA) is 136 Å². The molecule has 1 aromatic rings. The molecule has 0 bridgehead atoms. The van der Waals surface area contributed by atoms with Gasteiger partial charge in [-0.1, -0.05) is 12.1 Å². The van der Waals surface area contributed by atoms with Crippen molar-refractivity contribution in [2.75, 3.05) is 7.05 Å². The molecule has 1 amide bonds. The van der Waals surface area contributed by atoms with Crippen LogP contribution >= 0.6 is 0 Å². The predicted octanol–water partition coefficient (Wildman–Crippen LogP) is -0.382. The second-order valence-corrected chi connectivity index (χ2v) is 6.43. The quantitative estimate of drug-likeness (QED) is 0.362. The van der Waals surface area contributed by atoms with Crippen molar-refractivity contribution in [2.45, 2.75) is 43.7 Å². The summed E-state index contributed by atoms with van der Waals surface area (Å²) in [6, 6.07) is 4.86. The smallest absolute Gasteiger partial charge is 0.331 e. The number of nitrogens with one attached hydrogen (secondary N) is 1. The maximum absolute atomic E-state index is 12.0. The summed E-state index contributed by atoms with van der Waals surface area (Å²) in [6.45, 7) is 1.74. The number of esters is 1. The number of aromatic hydroxyl groups is 1. The average Bonchev–Trinajstić information content (AvgIpc) is 2.59. The van der Waals surface area contributed by atoms with Gasteiger partial charge in [-0.15, -0.1) is 0 Å². The summed E-state index contributed by atoms with van der Waals surface area (Å²) in [5.41, 5.74) is -0.682. The van der Waals surface area contributed by atoms with E-state index < -0.39 is 35.8 Å². The SMILES string of the molecule is CNC(=O)[C@]1(O)C[C@@H](O)[C@@H](O)[C@H](OC(=O)/C=C/c2ccc(C)c(O)c2)C1. The lowest BCUT2D eigenvalue weighted by atomic mass is 9.79. The average molecular weight is 365 g/mol. The van der Waals surface area contributed by atoms with E-state index in [0.29, 0.717) is 11.1 Å². The van der Waals surface area contributed by atoms with Crippen molar-refractivity contribution < 1.29 is 34.8 Å². The maximum Gasteiger partial charge on any atom is 0.331 e. The standard InChI is InChI=1S/C18H23NO7/c1-10-3-4-11(7-12(10)20)5-6-15(22)26-14-9-18(25,17(24)19-2)8-13(21)16(14)23/h3-7,13-14,16,20-21,23,25H,8-9H2,1-2H3,(H,19,24)/b6-5+/t13-,14-,16-,18+/m1/s1. The normalized spacial score (nSPS) is 28.7. The largest absolute Gasteiger partial charge is 0.508 e. The van der Waals surface area contributed by atoms with Gasteiger partial charge in [-0.05, 0) is 30.2 Å². The fourth-order valence-electron chi connectivity index (χ4n) is 2.86. The monoisotopic (exact) mass is 365 g/mol. The Bertz CT molecular complexity index is 717. The van der Waals surface area contributed by atoms with Crippen LogP contribution in [0.4, 0.5) is 0 Å². The summed E-state index contributed by atoms with van der Waals surface area (Å²) in [5.74, 6) is -1.46. The van der Waals surface area contributed by atoms with Crippen molar-refractivity contribution in [3.05, 3.63) is 35.4 Å². The highest BCUT2D eigenvalue weighted by Crippen LogP contribution is 2.31. The molecule has 1 fully saturated rings. The Labute approximate surface area is 150 Å². The van der Waals surface area contributed by atoms with Crippen LogP contribution in [0.1, 0.15) is 24.0 Å². The van der Waals surface area contributed by atoms with Crippen molar-refractivity contribution >= 4 is 18.0 Å². The molecule has 1 saturated carbocycles. The molecule has 8 nitrogen and oxygen atoms in total. The number of amides is 1. The second-order valence-electron chi connectivity index (χ2n) is 6.43. The van der Waals surface area contributed by atoms with Crippen molar-refractivity contribution in [1.82, 2.24) is 5.32 Å². The van der Waals surface area contributed by atoms with Gasteiger partial charge < -0.3 is 30.5 Å². The Morgan fingerprint density at radius 1 is 1.31 bits per heavy atom. The molecule has 0 saturated heterocycles. The number of aryl methyl sites for hydroxylation is 1. The van der Waals surface area contributed by atoms with Crippen molar-refractivity contribution in [1.29, 1.82) is 0 Å². The van der Waals surface area contributed by atoms with Crippen LogP contribution in [0.25, 0.3) is 6.08 Å². The van der Waals surface area contributed by atoms with Gasteiger partial charge in [-0.2, -0.15) is 0 Å². The van der Waals surface area contributed by atoms with E-state index in [9.17, 15) is 30.0 Å². The van der Waals surface area contributed by atoms with Crippen LogP contribution in [-0.4, -0.2) is 63.3 Å². The molecule has 1 aromatic carbocycles. The number of aliphatic hydroxyl groups excluding tert-OH is 2. The van der Waals surface area contributed by atoms with E-state index in [0.717, 1.165) is 6.08 Å². The lowest BCUT2D eigenvalue weighted by Gasteiger charge is -2.40. The molecule has 2 rings (SSSR count). The van der Waals surface area contributed by atoms with Crippen LogP contribution in [0.2, 0.25) is 0 Å². The minimum Gasteiger partial charge on any atom is -0.508 e. The number of carbonyl (C=O) groups excluding carboxylic acids is 2. The molecule has 1 aliphatic carbocycles. The summed E-state index contributed by atoms with van der Waals surface area (Å²) >= 11 is 0. The molecule has 142 valence electrons. The summed E-state index contributed by atoms with van der Waals surface area (Å²) in [7, 11) is 1.33. The number of hydrogen-bond donors (Lipinski definition) is 5. The third-order valence-corrected chi connectivity index (χ3v) is 4.42. The maximum atomic E-state index is 12.0. The van der Waals surface area contributed by atoms with Crippen molar-refractivity contribution in [3.63, 3.8) is 0 Å².